The number of rotatable bonds is 3. The SMILES string of the molecule is O=C(O)c1cccc(-n2ncc3ccc([N+](=O)[O-])cc32)c1. The molecule has 104 valence electrons. The van der Waals surface area contributed by atoms with Gasteiger partial charge in [0.1, 0.15) is 0 Å². The zero-order chi connectivity index (χ0) is 15.0. The monoisotopic (exact) mass is 283 g/mol. The molecule has 1 N–H and O–H groups in total. The van der Waals surface area contributed by atoms with E-state index in [0.29, 0.717) is 11.2 Å². The molecule has 21 heavy (non-hydrogen) atoms. The number of hydrogen-bond acceptors (Lipinski definition) is 4. The number of carboxylic acid groups (broad SMARTS) is 1. The van der Waals surface area contributed by atoms with E-state index in [1.807, 2.05) is 0 Å². The van der Waals surface area contributed by atoms with Crippen molar-refractivity contribution in [3.63, 3.8) is 0 Å². The normalized spacial score (nSPS) is 10.7. The minimum absolute atomic E-state index is 0.0429. The molecule has 3 rings (SSSR count). The van der Waals surface area contributed by atoms with E-state index in [-0.39, 0.29) is 11.3 Å². The van der Waals surface area contributed by atoms with Crippen molar-refractivity contribution in [2.45, 2.75) is 0 Å². The number of aromatic nitrogens is 2. The van der Waals surface area contributed by atoms with Gasteiger partial charge in [-0.05, 0) is 24.3 Å². The summed E-state index contributed by atoms with van der Waals surface area (Å²) in [5.41, 5.74) is 1.16. The van der Waals surface area contributed by atoms with Gasteiger partial charge in [-0.3, -0.25) is 10.1 Å². The number of fused-ring (bicyclic) bond motifs is 1. The highest BCUT2D eigenvalue weighted by Crippen LogP contribution is 2.23. The molecule has 2 aromatic carbocycles. The second kappa shape index (κ2) is 4.71. The molecule has 0 fully saturated rings. The van der Waals surface area contributed by atoms with Crippen LogP contribution in [0.15, 0.2) is 48.7 Å². The van der Waals surface area contributed by atoms with E-state index >= 15 is 0 Å². The number of nitrogens with zero attached hydrogens (tertiary/aromatic N) is 3. The number of aromatic carboxylic acids is 1. The molecule has 0 saturated carbocycles. The second-order valence-corrected chi connectivity index (χ2v) is 4.41. The van der Waals surface area contributed by atoms with Crippen molar-refractivity contribution in [3.8, 4) is 5.69 Å². The van der Waals surface area contributed by atoms with Gasteiger partial charge in [0.2, 0.25) is 0 Å². The smallest absolute Gasteiger partial charge is 0.335 e. The molecule has 0 radical (unpaired) electrons. The first-order valence-corrected chi connectivity index (χ1v) is 6.02. The van der Waals surface area contributed by atoms with Crippen molar-refractivity contribution in [2.24, 2.45) is 0 Å². The fourth-order valence-corrected chi connectivity index (χ4v) is 2.10. The first-order valence-electron chi connectivity index (χ1n) is 6.02. The fraction of sp³-hybridized carbons (Fsp3) is 0. The van der Waals surface area contributed by atoms with Gasteiger partial charge < -0.3 is 5.11 Å². The minimum atomic E-state index is -1.04. The summed E-state index contributed by atoms with van der Waals surface area (Å²) in [7, 11) is 0. The van der Waals surface area contributed by atoms with Gasteiger partial charge in [-0.15, -0.1) is 0 Å². The number of hydrogen-bond donors (Lipinski definition) is 1. The van der Waals surface area contributed by atoms with Crippen molar-refractivity contribution in [2.75, 3.05) is 0 Å². The Morgan fingerprint density at radius 3 is 2.76 bits per heavy atom. The molecule has 0 spiro atoms. The maximum Gasteiger partial charge on any atom is 0.335 e. The highest BCUT2D eigenvalue weighted by molar-refractivity contribution is 5.89. The van der Waals surface area contributed by atoms with Gasteiger partial charge in [0.15, 0.2) is 0 Å². The predicted octanol–water partition coefficient (Wildman–Crippen LogP) is 2.63. The average Bonchev–Trinajstić information content (AvgIpc) is 2.90. The summed E-state index contributed by atoms with van der Waals surface area (Å²) in [5.74, 6) is -1.04. The van der Waals surface area contributed by atoms with E-state index in [0.717, 1.165) is 5.39 Å². The lowest BCUT2D eigenvalue weighted by Crippen LogP contribution is -2.01. The Morgan fingerprint density at radius 1 is 1.24 bits per heavy atom. The Kier molecular flexibility index (Phi) is 2.87. The maximum atomic E-state index is 11.0. The number of non-ortho nitro benzene ring substituents is 1. The average molecular weight is 283 g/mol. The Labute approximate surface area is 118 Å². The summed E-state index contributed by atoms with van der Waals surface area (Å²) in [4.78, 5) is 21.4. The van der Waals surface area contributed by atoms with E-state index in [4.69, 9.17) is 5.11 Å². The van der Waals surface area contributed by atoms with E-state index in [1.54, 1.807) is 24.4 Å². The quantitative estimate of drug-likeness (QED) is 0.588. The molecular formula is C14H9N3O4. The largest absolute Gasteiger partial charge is 0.478 e. The van der Waals surface area contributed by atoms with Gasteiger partial charge in [-0.2, -0.15) is 5.10 Å². The summed E-state index contributed by atoms with van der Waals surface area (Å²) >= 11 is 0. The molecule has 1 aromatic heterocycles. The molecule has 7 heteroatoms. The van der Waals surface area contributed by atoms with Crippen molar-refractivity contribution < 1.29 is 14.8 Å². The molecule has 0 unspecified atom stereocenters. The first-order chi connectivity index (χ1) is 10.1. The van der Waals surface area contributed by atoms with Gasteiger partial charge in [0.05, 0.1) is 27.9 Å². The fourth-order valence-electron chi connectivity index (χ4n) is 2.10. The lowest BCUT2D eigenvalue weighted by atomic mass is 10.2. The molecule has 0 atom stereocenters. The molecule has 0 saturated heterocycles. The van der Waals surface area contributed by atoms with Crippen LogP contribution >= 0.6 is 0 Å². The Hall–Kier alpha value is -3.22. The van der Waals surface area contributed by atoms with Crippen molar-refractivity contribution in [3.05, 3.63) is 64.3 Å². The first kappa shape index (κ1) is 12.8. The third kappa shape index (κ3) is 2.20. The van der Waals surface area contributed by atoms with E-state index in [2.05, 4.69) is 5.10 Å². The van der Waals surface area contributed by atoms with Crippen LogP contribution in [0, 0.1) is 10.1 Å². The van der Waals surface area contributed by atoms with E-state index in [9.17, 15) is 14.9 Å². The van der Waals surface area contributed by atoms with Crippen LogP contribution in [0.25, 0.3) is 16.6 Å². The molecule has 0 bridgehead atoms. The Bertz CT molecular complexity index is 870. The summed E-state index contributed by atoms with van der Waals surface area (Å²) < 4.78 is 1.48. The lowest BCUT2D eigenvalue weighted by Gasteiger charge is -2.04. The number of benzene rings is 2. The molecule has 1 heterocycles. The maximum absolute atomic E-state index is 11.0. The third-order valence-electron chi connectivity index (χ3n) is 3.10. The van der Waals surface area contributed by atoms with Gasteiger partial charge in [-0.1, -0.05) is 6.07 Å². The second-order valence-electron chi connectivity index (χ2n) is 4.41. The van der Waals surface area contributed by atoms with Crippen LogP contribution in [-0.2, 0) is 0 Å². The van der Waals surface area contributed by atoms with Crippen LogP contribution in [0.2, 0.25) is 0 Å². The molecule has 0 aliphatic heterocycles. The number of nitro benzene ring substituents is 1. The molecular weight excluding hydrogens is 274 g/mol. The van der Waals surface area contributed by atoms with Crippen LogP contribution in [0.4, 0.5) is 5.69 Å². The summed E-state index contributed by atoms with van der Waals surface area (Å²) in [5, 5.41) is 24.8. The van der Waals surface area contributed by atoms with Crippen LogP contribution < -0.4 is 0 Å². The highest BCUT2D eigenvalue weighted by atomic mass is 16.6. The predicted molar refractivity (Wildman–Crippen MR) is 74.7 cm³/mol. The summed E-state index contributed by atoms with van der Waals surface area (Å²) in [6, 6.07) is 10.7. The Morgan fingerprint density at radius 2 is 2.05 bits per heavy atom. The van der Waals surface area contributed by atoms with Crippen molar-refractivity contribution in [1.82, 2.24) is 9.78 Å². The zero-order valence-electron chi connectivity index (χ0n) is 10.6. The molecule has 0 aliphatic carbocycles. The van der Waals surface area contributed by atoms with Gasteiger partial charge in [-0.25, -0.2) is 9.48 Å². The van der Waals surface area contributed by atoms with E-state index in [1.165, 1.54) is 28.9 Å². The van der Waals surface area contributed by atoms with E-state index < -0.39 is 10.9 Å². The van der Waals surface area contributed by atoms with Gasteiger partial charge in [0, 0.05) is 17.5 Å². The molecule has 0 amide bonds. The number of nitro groups is 1. The lowest BCUT2D eigenvalue weighted by molar-refractivity contribution is -0.384. The van der Waals surface area contributed by atoms with Crippen LogP contribution in [0.3, 0.4) is 0 Å². The van der Waals surface area contributed by atoms with Gasteiger partial charge >= 0.3 is 5.97 Å². The zero-order valence-corrected chi connectivity index (χ0v) is 10.6. The minimum Gasteiger partial charge on any atom is -0.478 e. The summed E-state index contributed by atoms with van der Waals surface area (Å²) in [6.07, 6.45) is 1.58. The number of carbonyl (C=O) groups is 1. The standard InChI is InChI=1S/C14H9N3O4/c18-14(19)9-2-1-3-11(6-9)16-13-7-12(17(20)21)5-4-10(13)8-15-16/h1-8H,(H,18,19). The number of carboxylic acids is 1. The molecule has 7 nitrogen and oxygen atoms in total. The van der Waals surface area contributed by atoms with Crippen LogP contribution in [0.1, 0.15) is 10.4 Å². The third-order valence-corrected chi connectivity index (χ3v) is 3.10. The summed E-state index contributed by atoms with van der Waals surface area (Å²) in [6.45, 7) is 0. The molecule has 0 aliphatic rings. The molecule has 3 aromatic rings. The van der Waals surface area contributed by atoms with Crippen molar-refractivity contribution >= 4 is 22.6 Å². The van der Waals surface area contributed by atoms with Crippen LogP contribution in [0.5, 0.6) is 0 Å². The Balaban J connectivity index is 2.20. The van der Waals surface area contributed by atoms with Crippen LogP contribution in [-0.4, -0.2) is 25.8 Å². The highest BCUT2D eigenvalue weighted by Gasteiger charge is 2.12. The van der Waals surface area contributed by atoms with Gasteiger partial charge in [0.25, 0.3) is 5.69 Å². The van der Waals surface area contributed by atoms with Crippen molar-refractivity contribution in [1.29, 1.82) is 0 Å². The topological polar surface area (TPSA) is 98.3 Å².